The van der Waals surface area contributed by atoms with E-state index in [1.807, 2.05) is 29.9 Å². The van der Waals surface area contributed by atoms with Crippen molar-refractivity contribution in [2.45, 2.75) is 6.54 Å². The van der Waals surface area contributed by atoms with Crippen molar-refractivity contribution in [3.8, 4) is 0 Å². The molecule has 0 fully saturated rings. The molecule has 2 nitrogen and oxygen atoms in total. The van der Waals surface area contributed by atoms with Crippen molar-refractivity contribution in [2.75, 3.05) is 5.32 Å². The molecule has 0 bridgehead atoms. The maximum absolute atomic E-state index is 5.91. The normalized spacial score (nSPS) is 10.4. The second kappa shape index (κ2) is 4.81. The highest BCUT2D eigenvalue weighted by molar-refractivity contribution is 6.35. The lowest BCUT2D eigenvalue weighted by Crippen LogP contribution is -1.98. The molecule has 16 heavy (non-hydrogen) atoms. The Morgan fingerprint density at radius 2 is 1.88 bits per heavy atom. The van der Waals surface area contributed by atoms with E-state index in [-0.39, 0.29) is 0 Å². The molecule has 0 spiro atoms. The molecular formula is C12H12Cl2N2. The second-order valence-electron chi connectivity index (χ2n) is 3.70. The molecule has 1 aromatic carbocycles. The van der Waals surface area contributed by atoms with Gasteiger partial charge in [0.1, 0.15) is 0 Å². The standard InChI is InChI=1S/C12H12Cl2N2/c1-16-3-2-9(8-16)7-15-12-5-10(13)4-11(14)6-12/h2-6,8,15H,7H2,1H3. The van der Waals surface area contributed by atoms with Gasteiger partial charge in [0.15, 0.2) is 0 Å². The molecule has 1 N–H and O–H groups in total. The molecule has 0 unspecified atom stereocenters. The van der Waals surface area contributed by atoms with Crippen LogP contribution in [0.2, 0.25) is 10.0 Å². The Bertz CT molecular complexity index is 471. The molecule has 0 aliphatic rings. The Kier molecular flexibility index (Phi) is 3.42. The number of hydrogen-bond acceptors (Lipinski definition) is 1. The number of rotatable bonds is 3. The van der Waals surface area contributed by atoms with Crippen LogP contribution >= 0.6 is 23.2 Å². The molecule has 0 saturated carbocycles. The predicted molar refractivity (Wildman–Crippen MR) is 69.2 cm³/mol. The first-order valence-corrected chi connectivity index (χ1v) is 5.70. The number of nitrogens with zero attached hydrogens (tertiary/aromatic N) is 1. The Balaban J connectivity index is 2.04. The van der Waals surface area contributed by atoms with Crippen LogP contribution in [0.25, 0.3) is 0 Å². The summed E-state index contributed by atoms with van der Waals surface area (Å²) in [6.45, 7) is 0.761. The summed E-state index contributed by atoms with van der Waals surface area (Å²) in [7, 11) is 2.00. The average Bonchev–Trinajstić information content (AvgIpc) is 2.60. The monoisotopic (exact) mass is 254 g/mol. The zero-order chi connectivity index (χ0) is 11.5. The minimum absolute atomic E-state index is 0.642. The van der Waals surface area contributed by atoms with E-state index < -0.39 is 0 Å². The summed E-state index contributed by atoms with van der Waals surface area (Å²) in [6.07, 6.45) is 4.08. The number of anilines is 1. The van der Waals surface area contributed by atoms with E-state index in [0.29, 0.717) is 10.0 Å². The molecule has 0 aliphatic carbocycles. The zero-order valence-corrected chi connectivity index (χ0v) is 10.4. The van der Waals surface area contributed by atoms with Gasteiger partial charge in [0.2, 0.25) is 0 Å². The van der Waals surface area contributed by atoms with Gasteiger partial charge < -0.3 is 9.88 Å². The summed E-state index contributed by atoms with van der Waals surface area (Å²) in [5.74, 6) is 0. The lowest BCUT2D eigenvalue weighted by Gasteiger charge is -2.06. The van der Waals surface area contributed by atoms with Crippen LogP contribution in [0.1, 0.15) is 5.56 Å². The van der Waals surface area contributed by atoms with Gasteiger partial charge in [-0.1, -0.05) is 23.2 Å². The Morgan fingerprint density at radius 3 is 2.44 bits per heavy atom. The van der Waals surface area contributed by atoms with Crippen LogP contribution in [0, 0.1) is 0 Å². The van der Waals surface area contributed by atoms with Crippen LogP contribution in [0.15, 0.2) is 36.7 Å². The van der Waals surface area contributed by atoms with Crippen LogP contribution in [-0.4, -0.2) is 4.57 Å². The highest BCUT2D eigenvalue weighted by atomic mass is 35.5. The van der Waals surface area contributed by atoms with Gasteiger partial charge in [-0.3, -0.25) is 0 Å². The number of benzene rings is 1. The Morgan fingerprint density at radius 1 is 1.19 bits per heavy atom. The molecule has 0 aliphatic heterocycles. The van der Waals surface area contributed by atoms with Crippen molar-refractivity contribution < 1.29 is 0 Å². The SMILES string of the molecule is Cn1ccc(CNc2cc(Cl)cc(Cl)c2)c1. The molecule has 0 amide bonds. The van der Waals surface area contributed by atoms with Gasteiger partial charge in [0.05, 0.1) is 0 Å². The first-order chi connectivity index (χ1) is 7.63. The summed E-state index contributed by atoms with van der Waals surface area (Å²) in [4.78, 5) is 0. The van der Waals surface area contributed by atoms with Gasteiger partial charge in [0.25, 0.3) is 0 Å². The smallest absolute Gasteiger partial charge is 0.0441 e. The van der Waals surface area contributed by atoms with E-state index in [1.165, 1.54) is 5.56 Å². The molecule has 1 aromatic heterocycles. The largest absolute Gasteiger partial charge is 0.381 e. The van der Waals surface area contributed by atoms with E-state index in [4.69, 9.17) is 23.2 Å². The third-order valence-corrected chi connectivity index (χ3v) is 2.69. The molecule has 2 rings (SSSR count). The maximum Gasteiger partial charge on any atom is 0.0441 e. The molecular weight excluding hydrogens is 243 g/mol. The van der Waals surface area contributed by atoms with Crippen molar-refractivity contribution in [1.29, 1.82) is 0 Å². The Labute approximate surface area is 105 Å². The molecule has 0 saturated heterocycles. The zero-order valence-electron chi connectivity index (χ0n) is 8.87. The fourth-order valence-electron chi connectivity index (χ4n) is 1.53. The predicted octanol–water partition coefficient (Wildman–Crippen LogP) is 3.94. The van der Waals surface area contributed by atoms with Crippen molar-refractivity contribution in [3.63, 3.8) is 0 Å². The molecule has 0 atom stereocenters. The minimum atomic E-state index is 0.642. The van der Waals surface area contributed by atoms with Gasteiger partial charge in [0, 0.05) is 41.7 Å². The number of aryl methyl sites for hydroxylation is 1. The topological polar surface area (TPSA) is 17.0 Å². The maximum atomic E-state index is 5.91. The first-order valence-electron chi connectivity index (χ1n) is 4.94. The number of aromatic nitrogens is 1. The number of nitrogens with one attached hydrogen (secondary N) is 1. The van der Waals surface area contributed by atoms with Crippen molar-refractivity contribution in [2.24, 2.45) is 7.05 Å². The number of hydrogen-bond donors (Lipinski definition) is 1. The first kappa shape index (κ1) is 11.4. The average molecular weight is 255 g/mol. The molecule has 2 aromatic rings. The van der Waals surface area contributed by atoms with Gasteiger partial charge in [-0.05, 0) is 29.8 Å². The summed E-state index contributed by atoms with van der Waals surface area (Å²) >= 11 is 11.8. The number of halogens is 2. The fraction of sp³-hybridized carbons (Fsp3) is 0.167. The van der Waals surface area contributed by atoms with E-state index in [1.54, 1.807) is 6.07 Å². The highest BCUT2D eigenvalue weighted by Crippen LogP contribution is 2.22. The third kappa shape index (κ3) is 2.94. The van der Waals surface area contributed by atoms with Crippen LogP contribution in [0.4, 0.5) is 5.69 Å². The summed E-state index contributed by atoms with van der Waals surface area (Å²) in [6, 6.07) is 7.50. The van der Waals surface area contributed by atoms with E-state index in [0.717, 1.165) is 12.2 Å². The van der Waals surface area contributed by atoms with Crippen molar-refractivity contribution in [3.05, 3.63) is 52.3 Å². The Hall–Kier alpha value is -1.12. The van der Waals surface area contributed by atoms with Crippen LogP contribution in [0.3, 0.4) is 0 Å². The summed E-state index contributed by atoms with van der Waals surface area (Å²) < 4.78 is 2.02. The summed E-state index contributed by atoms with van der Waals surface area (Å²) in [5.41, 5.74) is 2.15. The minimum Gasteiger partial charge on any atom is -0.381 e. The van der Waals surface area contributed by atoms with Crippen LogP contribution < -0.4 is 5.32 Å². The van der Waals surface area contributed by atoms with Gasteiger partial charge in [-0.2, -0.15) is 0 Å². The summed E-state index contributed by atoms with van der Waals surface area (Å²) in [5, 5.41) is 4.56. The van der Waals surface area contributed by atoms with Gasteiger partial charge in [-0.25, -0.2) is 0 Å². The molecule has 84 valence electrons. The van der Waals surface area contributed by atoms with Gasteiger partial charge >= 0.3 is 0 Å². The van der Waals surface area contributed by atoms with E-state index in [9.17, 15) is 0 Å². The third-order valence-electron chi connectivity index (χ3n) is 2.25. The van der Waals surface area contributed by atoms with Gasteiger partial charge in [-0.15, -0.1) is 0 Å². The van der Waals surface area contributed by atoms with Crippen LogP contribution in [-0.2, 0) is 13.6 Å². The highest BCUT2D eigenvalue weighted by Gasteiger charge is 1.99. The van der Waals surface area contributed by atoms with Crippen molar-refractivity contribution >= 4 is 28.9 Å². The molecule has 1 heterocycles. The lowest BCUT2D eigenvalue weighted by molar-refractivity contribution is 0.920. The molecule has 4 heteroatoms. The fourth-order valence-corrected chi connectivity index (χ4v) is 2.05. The van der Waals surface area contributed by atoms with Crippen molar-refractivity contribution in [1.82, 2.24) is 4.57 Å². The molecule has 0 radical (unpaired) electrons. The van der Waals surface area contributed by atoms with E-state index >= 15 is 0 Å². The quantitative estimate of drug-likeness (QED) is 0.878. The lowest BCUT2D eigenvalue weighted by atomic mass is 10.3. The second-order valence-corrected chi connectivity index (χ2v) is 4.57. The van der Waals surface area contributed by atoms with E-state index in [2.05, 4.69) is 17.6 Å². The van der Waals surface area contributed by atoms with Crippen LogP contribution in [0.5, 0.6) is 0 Å².